The normalized spacial score (nSPS) is 11.0. The molecule has 0 radical (unpaired) electrons. The van der Waals surface area contributed by atoms with E-state index in [4.69, 9.17) is 0 Å². The lowest BCUT2D eigenvalue weighted by atomic mass is 9.99. The number of halogens is 2. The van der Waals surface area contributed by atoms with E-state index in [1.165, 1.54) is 16.6 Å². The summed E-state index contributed by atoms with van der Waals surface area (Å²) < 4.78 is 29.2. The molecule has 26 heavy (non-hydrogen) atoms. The van der Waals surface area contributed by atoms with Crippen molar-refractivity contribution in [1.29, 1.82) is 0 Å². The monoisotopic (exact) mass is 350 g/mol. The molecule has 4 rings (SSSR count). The summed E-state index contributed by atoms with van der Waals surface area (Å²) in [6.45, 7) is 1.73. The first kappa shape index (κ1) is 16.0. The van der Waals surface area contributed by atoms with Crippen molar-refractivity contribution in [1.82, 2.24) is 19.6 Å². The van der Waals surface area contributed by atoms with Gasteiger partial charge in [0.2, 0.25) is 0 Å². The molecular weight excluding hydrogens is 338 g/mol. The van der Waals surface area contributed by atoms with Crippen molar-refractivity contribution in [2.45, 2.75) is 6.92 Å². The van der Waals surface area contributed by atoms with Gasteiger partial charge in [-0.25, -0.2) is 18.3 Å². The summed E-state index contributed by atoms with van der Waals surface area (Å²) in [6.07, 6.45) is 2.35. The maximum atomic E-state index is 14.4. The highest BCUT2D eigenvalue weighted by atomic mass is 19.1. The molecule has 0 spiro atoms. The Morgan fingerprint density at radius 3 is 2.46 bits per heavy atom. The number of carbonyl (C=O) groups is 1. The Hall–Kier alpha value is -3.48. The van der Waals surface area contributed by atoms with Gasteiger partial charge in [-0.2, -0.15) is 10.1 Å². The zero-order valence-corrected chi connectivity index (χ0v) is 13.6. The average molecular weight is 350 g/mol. The molecule has 0 N–H and O–H groups in total. The summed E-state index contributed by atoms with van der Waals surface area (Å²) in [5, 5.41) is 4.21. The molecule has 0 atom stereocenters. The van der Waals surface area contributed by atoms with Crippen LogP contribution in [0.5, 0.6) is 0 Å². The first-order chi connectivity index (χ1) is 12.5. The highest BCUT2D eigenvalue weighted by Gasteiger charge is 2.17. The molecule has 2 aromatic carbocycles. The van der Waals surface area contributed by atoms with Gasteiger partial charge in [0.25, 0.3) is 5.78 Å². The Morgan fingerprint density at radius 1 is 1.00 bits per heavy atom. The van der Waals surface area contributed by atoms with Crippen molar-refractivity contribution in [3.63, 3.8) is 0 Å². The molecule has 0 saturated heterocycles. The lowest BCUT2D eigenvalue weighted by Gasteiger charge is -2.11. The average Bonchev–Trinajstić information content (AvgIpc) is 3.00. The van der Waals surface area contributed by atoms with Crippen molar-refractivity contribution in [2.24, 2.45) is 0 Å². The SMILES string of the molecule is Cc1nc2nc(-c3ccc(C=O)cc3)c(-c3ccc(F)cc3F)cn2n1. The predicted octanol–water partition coefficient (Wildman–Crippen LogP) is 3.86. The second-order valence-electron chi connectivity index (χ2n) is 5.77. The molecule has 0 bridgehead atoms. The third kappa shape index (κ3) is 2.73. The number of aryl methyl sites for hydroxylation is 1. The van der Waals surface area contributed by atoms with E-state index in [0.717, 1.165) is 12.4 Å². The Kier molecular flexibility index (Phi) is 3.76. The Morgan fingerprint density at radius 2 is 1.77 bits per heavy atom. The maximum absolute atomic E-state index is 14.4. The second kappa shape index (κ2) is 6.11. The largest absolute Gasteiger partial charge is 0.298 e. The van der Waals surface area contributed by atoms with E-state index in [0.29, 0.717) is 34.0 Å². The standard InChI is InChI=1S/C19H12F2N4O/c1-11-22-19-23-18(13-4-2-12(10-26)3-5-13)16(9-25(19)24-11)15-7-6-14(20)8-17(15)21/h2-10H,1H3. The van der Waals surface area contributed by atoms with Crippen LogP contribution in [-0.4, -0.2) is 25.9 Å². The maximum Gasteiger partial charge on any atom is 0.252 e. The minimum absolute atomic E-state index is 0.198. The second-order valence-corrected chi connectivity index (χ2v) is 5.77. The third-order valence-electron chi connectivity index (χ3n) is 3.98. The summed E-state index contributed by atoms with van der Waals surface area (Å²) in [4.78, 5) is 19.6. The highest BCUT2D eigenvalue weighted by molar-refractivity contribution is 5.83. The molecule has 0 aliphatic carbocycles. The third-order valence-corrected chi connectivity index (χ3v) is 3.98. The van der Waals surface area contributed by atoms with Gasteiger partial charge < -0.3 is 0 Å². The van der Waals surface area contributed by atoms with E-state index in [1.807, 2.05) is 0 Å². The summed E-state index contributed by atoms with van der Waals surface area (Å²) in [6, 6.07) is 10.1. The lowest BCUT2D eigenvalue weighted by molar-refractivity contribution is 0.112. The summed E-state index contributed by atoms with van der Waals surface area (Å²) >= 11 is 0. The van der Waals surface area contributed by atoms with E-state index in [1.54, 1.807) is 37.4 Å². The van der Waals surface area contributed by atoms with Gasteiger partial charge >= 0.3 is 0 Å². The van der Waals surface area contributed by atoms with E-state index in [2.05, 4.69) is 15.1 Å². The summed E-state index contributed by atoms with van der Waals surface area (Å²) in [5.41, 5.74) is 2.30. The minimum Gasteiger partial charge on any atom is -0.298 e. The van der Waals surface area contributed by atoms with E-state index >= 15 is 0 Å². The molecule has 0 unspecified atom stereocenters. The smallest absolute Gasteiger partial charge is 0.252 e. The minimum atomic E-state index is -0.700. The number of hydrogen-bond donors (Lipinski definition) is 0. The van der Waals surface area contributed by atoms with Crippen LogP contribution < -0.4 is 0 Å². The van der Waals surface area contributed by atoms with Crippen LogP contribution in [0.1, 0.15) is 16.2 Å². The molecule has 128 valence electrons. The van der Waals surface area contributed by atoms with Crippen LogP contribution >= 0.6 is 0 Å². The fourth-order valence-corrected chi connectivity index (χ4v) is 2.77. The molecule has 0 saturated carbocycles. The van der Waals surface area contributed by atoms with Crippen LogP contribution in [0, 0.1) is 18.6 Å². The number of hydrogen-bond acceptors (Lipinski definition) is 4. The zero-order valence-electron chi connectivity index (χ0n) is 13.6. The van der Waals surface area contributed by atoms with Crippen LogP contribution in [0.2, 0.25) is 0 Å². The molecule has 5 nitrogen and oxygen atoms in total. The van der Waals surface area contributed by atoms with Gasteiger partial charge in [-0.3, -0.25) is 4.79 Å². The van der Waals surface area contributed by atoms with Crippen LogP contribution in [0.25, 0.3) is 28.2 Å². The first-order valence-corrected chi connectivity index (χ1v) is 7.80. The molecule has 0 aliphatic heterocycles. The molecule has 0 fully saturated rings. The number of fused-ring (bicyclic) bond motifs is 1. The predicted molar refractivity (Wildman–Crippen MR) is 91.7 cm³/mol. The van der Waals surface area contributed by atoms with Gasteiger partial charge in [-0.05, 0) is 19.1 Å². The molecule has 2 heterocycles. The van der Waals surface area contributed by atoms with Crippen molar-refractivity contribution in [3.8, 4) is 22.4 Å². The molecule has 7 heteroatoms. The Balaban J connectivity index is 2.00. The quantitative estimate of drug-likeness (QED) is 0.527. The number of aldehydes is 1. The molecule has 2 aromatic heterocycles. The van der Waals surface area contributed by atoms with Crippen molar-refractivity contribution >= 4 is 12.1 Å². The topological polar surface area (TPSA) is 60.2 Å². The lowest BCUT2D eigenvalue weighted by Crippen LogP contribution is -1.99. The van der Waals surface area contributed by atoms with Gasteiger partial charge in [0.05, 0.1) is 5.69 Å². The van der Waals surface area contributed by atoms with Crippen LogP contribution in [-0.2, 0) is 0 Å². The molecule has 4 aromatic rings. The van der Waals surface area contributed by atoms with Gasteiger partial charge in [0.1, 0.15) is 23.7 Å². The number of aromatic nitrogens is 4. The number of nitrogens with zero attached hydrogens (tertiary/aromatic N) is 4. The van der Waals surface area contributed by atoms with Crippen molar-refractivity contribution < 1.29 is 13.6 Å². The Bertz CT molecular complexity index is 1140. The van der Waals surface area contributed by atoms with Crippen LogP contribution in [0.3, 0.4) is 0 Å². The van der Waals surface area contributed by atoms with Crippen LogP contribution in [0.4, 0.5) is 8.78 Å². The van der Waals surface area contributed by atoms with Gasteiger partial charge in [0, 0.05) is 34.5 Å². The first-order valence-electron chi connectivity index (χ1n) is 7.80. The number of rotatable bonds is 3. The fraction of sp³-hybridized carbons (Fsp3) is 0.0526. The van der Waals surface area contributed by atoms with Gasteiger partial charge in [-0.1, -0.05) is 24.3 Å². The van der Waals surface area contributed by atoms with E-state index < -0.39 is 11.6 Å². The van der Waals surface area contributed by atoms with E-state index in [-0.39, 0.29) is 5.56 Å². The van der Waals surface area contributed by atoms with Crippen molar-refractivity contribution in [2.75, 3.05) is 0 Å². The molecular formula is C19H12F2N4O. The molecule has 0 amide bonds. The zero-order chi connectivity index (χ0) is 18.3. The van der Waals surface area contributed by atoms with Gasteiger partial charge in [-0.15, -0.1) is 0 Å². The fourth-order valence-electron chi connectivity index (χ4n) is 2.77. The summed E-state index contributed by atoms with van der Waals surface area (Å²) in [5.74, 6) is -0.470. The van der Waals surface area contributed by atoms with Gasteiger partial charge in [0.15, 0.2) is 0 Å². The molecule has 0 aliphatic rings. The summed E-state index contributed by atoms with van der Waals surface area (Å²) in [7, 11) is 0. The number of carbonyl (C=O) groups excluding carboxylic acids is 1. The van der Waals surface area contributed by atoms with Crippen molar-refractivity contribution in [3.05, 3.63) is 71.7 Å². The number of benzene rings is 2. The van der Waals surface area contributed by atoms with E-state index in [9.17, 15) is 13.6 Å². The van der Waals surface area contributed by atoms with Crippen LogP contribution in [0.15, 0.2) is 48.7 Å². The highest BCUT2D eigenvalue weighted by Crippen LogP contribution is 2.32. The Labute approximate surface area is 147 Å².